The second kappa shape index (κ2) is 5.90. The van der Waals surface area contributed by atoms with Gasteiger partial charge in [-0.25, -0.2) is 0 Å². The molecule has 0 spiro atoms. The molecule has 0 fully saturated rings. The number of alkyl halides is 1. The third-order valence-corrected chi connectivity index (χ3v) is 2.71. The zero-order chi connectivity index (χ0) is 11.3. The summed E-state index contributed by atoms with van der Waals surface area (Å²) in [4.78, 5) is 13.8. The Hall–Kier alpha value is -0.840. The molecule has 1 heterocycles. The summed E-state index contributed by atoms with van der Waals surface area (Å²) in [5.74, 6) is 0.0171. The fourth-order valence-corrected chi connectivity index (χ4v) is 1.60. The first-order valence-electron chi connectivity index (χ1n) is 5.03. The van der Waals surface area contributed by atoms with E-state index in [4.69, 9.17) is 0 Å². The van der Waals surface area contributed by atoms with Gasteiger partial charge in [-0.3, -0.25) is 9.89 Å². The molecule has 1 aromatic rings. The number of hydrogen-bond acceptors (Lipinski definition) is 2. The van der Waals surface area contributed by atoms with Crippen molar-refractivity contribution in [2.75, 3.05) is 11.9 Å². The van der Waals surface area contributed by atoms with Gasteiger partial charge in [0.2, 0.25) is 0 Å². The van der Waals surface area contributed by atoms with E-state index in [9.17, 15) is 4.79 Å². The summed E-state index contributed by atoms with van der Waals surface area (Å²) >= 11 is 3.37. The molecule has 5 heteroatoms. The van der Waals surface area contributed by atoms with Gasteiger partial charge in [-0.15, -0.1) is 0 Å². The third-order valence-electron chi connectivity index (χ3n) is 2.15. The van der Waals surface area contributed by atoms with Crippen LogP contribution in [0.3, 0.4) is 0 Å². The smallest absolute Gasteiger partial charge is 0.272 e. The summed E-state index contributed by atoms with van der Waals surface area (Å²) in [6, 6.07) is 1.91. The Balaban J connectivity index is 2.67. The largest absolute Gasteiger partial charge is 0.335 e. The second-order valence-electron chi connectivity index (χ2n) is 3.61. The molecule has 0 unspecified atom stereocenters. The molecule has 84 valence electrons. The van der Waals surface area contributed by atoms with E-state index in [2.05, 4.69) is 26.1 Å². The Labute approximate surface area is 98.2 Å². The molecular formula is C10H16BrN3O. The molecule has 15 heavy (non-hydrogen) atoms. The third kappa shape index (κ3) is 3.34. The Bertz CT molecular complexity index is 298. The summed E-state index contributed by atoms with van der Waals surface area (Å²) in [5.41, 5.74) is 0.554. The highest BCUT2D eigenvalue weighted by Gasteiger charge is 2.18. The Morgan fingerprint density at radius 3 is 2.87 bits per heavy atom. The molecule has 1 amide bonds. The number of rotatable bonds is 5. The highest BCUT2D eigenvalue weighted by atomic mass is 79.9. The van der Waals surface area contributed by atoms with Crippen LogP contribution >= 0.6 is 15.9 Å². The predicted molar refractivity (Wildman–Crippen MR) is 63.2 cm³/mol. The van der Waals surface area contributed by atoms with Gasteiger partial charge in [-0.2, -0.15) is 5.10 Å². The molecule has 0 aliphatic heterocycles. The summed E-state index contributed by atoms with van der Waals surface area (Å²) < 4.78 is 0. The normalized spacial score (nSPS) is 10.7. The number of carbonyl (C=O) groups excluding carboxylic acids is 1. The van der Waals surface area contributed by atoms with Crippen molar-refractivity contribution in [3.63, 3.8) is 0 Å². The van der Waals surface area contributed by atoms with Crippen molar-refractivity contribution in [2.24, 2.45) is 0 Å². The lowest BCUT2D eigenvalue weighted by Gasteiger charge is -2.25. The van der Waals surface area contributed by atoms with Crippen molar-refractivity contribution in [1.82, 2.24) is 15.1 Å². The average molecular weight is 274 g/mol. The van der Waals surface area contributed by atoms with Gasteiger partial charge in [0, 0.05) is 24.1 Å². The van der Waals surface area contributed by atoms with Gasteiger partial charge < -0.3 is 4.90 Å². The molecule has 0 atom stereocenters. The van der Waals surface area contributed by atoms with Crippen LogP contribution in [-0.2, 0) is 0 Å². The zero-order valence-electron chi connectivity index (χ0n) is 9.03. The van der Waals surface area contributed by atoms with E-state index in [0.29, 0.717) is 5.69 Å². The van der Waals surface area contributed by atoms with Crippen LogP contribution in [0.15, 0.2) is 12.3 Å². The lowest BCUT2D eigenvalue weighted by molar-refractivity contribution is 0.0700. The van der Waals surface area contributed by atoms with Crippen molar-refractivity contribution in [2.45, 2.75) is 26.3 Å². The fraction of sp³-hybridized carbons (Fsp3) is 0.600. The summed E-state index contributed by atoms with van der Waals surface area (Å²) in [6.07, 6.45) is 2.55. The van der Waals surface area contributed by atoms with Crippen molar-refractivity contribution in [3.05, 3.63) is 18.0 Å². The summed E-state index contributed by atoms with van der Waals surface area (Å²) in [5, 5.41) is 7.39. The van der Waals surface area contributed by atoms with E-state index < -0.39 is 0 Å². The second-order valence-corrected chi connectivity index (χ2v) is 4.40. The van der Waals surface area contributed by atoms with Crippen molar-refractivity contribution in [3.8, 4) is 0 Å². The van der Waals surface area contributed by atoms with Gasteiger partial charge in [0.05, 0.1) is 0 Å². The molecule has 0 saturated carbocycles. The topological polar surface area (TPSA) is 49.0 Å². The van der Waals surface area contributed by atoms with Crippen molar-refractivity contribution < 1.29 is 4.79 Å². The van der Waals surface area contributed by atoms with Crippen LogP contribution in [0.5, 0.6) is 0 Å². The summed E-state index contributed by atoms with van der Waals surface area (Å²) in [6.45, 7) is 4.80. The van der Waals surface area contributed by atoms with Gasteiger partial charge in [0.25, 0.3) is 5.91 Å². The number of carbonyl (C=O) groups is 1. The quantitative estimate of drug-likeness (QED) is 0.835. The number of hydrogen-bond donors (Lipinski definition) is 1. The molecular weight excluding hydrogens is 258 g/mol. The molecule has 1 N–H and O–H groups in total. The van der Waals surface area contributed by atoms with Gasteiger partial charge in [0.15, 0.2) is 0 Å². The maximum Gasteiger partial charge on any atom is 0.272 e. The van der Waals surface area contributed by atoms with Crippen LogP contribution in [0, 0.1) is 0 Å². The predicted octanol–water partition coefficient (Wildman–Crippen LogP) is 2.05. The summed E-state index contributed by atoms with van der Waals surface area (Å²) in [7, 11) is 0. The van der Waals surface area contributed by atoms with E-state index in [1.165, 1.54) is 0 Å². The lowest BCUT2D eigenvalue weighted by atomic mass is 10.2. The molecule has 1 aromatic heterocycles. The van der Waals surface area contributed by atoms with Gasteiger partial charge >= 0.3 is 0 Å². The first-order chi connectivity index (χ1) is 7.16. The number of halogens is 1. The lowest BCUT2D eigenvalue weighted by Crippen LogP contribution is -2.38. The molecule has 4 nitrogen and oxygen atoms in total. The first-order valence-corrected chi connectivity index (χ1v) is 6.15. The minimum Gasteiger partial charge on any atom is -0.335 e. The average Bonchev–Trinajstić information content (AvgIpc) is 2.70. The Morgan fingerprint density at radius 2 is 2.40 bits per heavy atom. The number of aromatic amines is 1. The molecule has 0 saturated heterocycles. The maximum absolute atomic E-state index is 12.0. The van der Waals surface area contributed by atoms with Crippen LogP contribution in [-0.4, -0.2) is 38.9 Å². The fourth-order valence-electron chi connectivity index (χ4n) is 1.35. The van der Waals surface area contributed by atoms with Gasteiger partial charge in [-0.1, -0.05) is 15.9 Å². The standard InChI is InChI=1S/C10H16BrN3O/c1-8(2)14(7-3-5-11)10(15)9-4-6-12-13-9/h4,6,8H,3,5,7H2,1-2H3,(H,12,13). The number of nitrogens with one attached hydrogen (secondary N) is 1. The highest BCUT2D eigenvalue weighted by molar-refractivity contribution is 9.09. The SMILES string of the molecule is CC(C)N(CCCBr)C(=O)c1ccn[nH]1. The molecule has 0 aromatic carbocycles. The minimum atomic E-state index is 0.0171. The molecule has 0 aliphatic rings. The molecule has 0 bridgehead atoms. The van der Waals surface area contributed by atoms with Crippen LogP contribution in [0.25, 0.3) is 0 Å². The molecule has 1 rings (SSSR count). The zero-order valence-corrected chi connectivity index (χ0v) is 10.6. The van der Waals surface area contributed by atoms with E-state index in [0.717, 1.165) is 18.3 Å². The Morgan fingerprint density at radius 1 is 1.67 bits per heavy atom. The van der Waals surface area contributed by atoms with Crippen molar-refractivity contribution in [1.29, 1.82) is 0 Å². The van der Waals surface area contributed by atoms with E-state index in [1.54, 1.807) is 12.3 Å². The van der Waals surface area contributed by atoms with E-state index >= 15 is 0 Å². The van der Waals surface area contributed by atoms with Crippen LogP contribution < -0.4 is 0 Å². The highest BCUT2D eigenvalue weighted by Crippen LogP contribution is 2.07. The Kier molecular flexibility index (Phi) is 4.81. The number of H-pyrrole nitrogens is 1. The number of aromatic nitrogens is 2. The van der Waals surface area contributed by atoms with Crippen LogP contribution in [0.1, 0.15) is 30.8 Å². The van der Waals surface area contributed by atoms with E-state index in [1.807, 2.05) is 18.7 Å². The number of amides is 1. The van der Waals surface area contributed by atoms with E-state index in [-0.39, 0.29) is 11.9 Å². The number of nitrogens with zero attached hydrogens (tertiary/aromatic N) is 2. The molecule has 0 aliphatic carbocycles. The van der Waals surface area contributed by atoms with Crippen molar-refractivity contribution >= 4 is 21.8 Å². The maximum atomic E-state index is 12.0. The van der Waals surface area contributed by atoms with Gasteiger partial charge in [-0.05, 0) is 26.3 Å². The first kappa shape index (κ1) is 12.2. The molecule has 0 radical (unpaired) electrons. The van der Waals surface area contributed by atoms with Crippen LogP contribution in [0.2, 0.25) is 0 Å². The monoisotopic (exact) mass is 273 g/mol. The minimum absolute atomic E-state index is 0.0171. The van der Waals surface area contributed by atoms with Gasteiger partial charge in [0.1, 0.15) is 5.69 Å². The van der Waals surface area contributed by atoms with Crippen LogP contribution in [0.4, 0.5) is 0 Å².